The Labute approximate surface area is 181 Å². The lowest BCUT2D eigenvalue weighted by Crippen LogP contribution is -2.56. The van der Waals surface area contributed by atoms with Gasteiger partial charge in [0.2, 0.25) is 23.6 Å². The lowest BCUT2D eigenvalue weighted by Gasteiger charge is -2.23. The second-order valence-corrected chi connectivity index (χ2v) is 6.72. The number of imidazole rings is 1. The van der Waals surface area contributed by atoms with Gasteiger partial charge in [0.15, 0.2) is 0 Å². The number of nitrogens with two attached hydrogens (primary N) is 2. The van der Waals surface area contributed by atoms with Gasteiger partial charge in [0.25, 0.3) is 0 Å². The number of carboxylic acid groups (broad SMARTS) is 2. The largest absolute Gasteiger partial charge is 0.481 e. The molecule has 15 nitrogen and oxygen atoms in total. The van der Waals surface area contributed by atoms with Crippen molar-refractivity contribution in [2.24, 2.45) is 11.5 Å². The smallest absolute Gasteiger partial charge is 0.322 e. The maximum absolute atomic E-state index is 12.6. The number of carbonyl (C=O) groups excluding carboxylic acids is 4. The van der Waals surface area contributed by atoms with Crippen molar-refractivity contribution >= 4 is 35.6 Å². The predicted octanol–water partition coefficient (Wildman–Crippen LogP) is -3.81. The first-order valence-electron chi connectivity index (χ1n) is 9.32. The first kappa shape index (κ1) is 26.0. The van der Waals surface area contributed by atoms with E-state index in [-0.39, 0.29) is 19.3 Å². The first-order chi connectivity index (χ1) is 15.0. The molecule has 3 atom stereocenters. The minimum atomic E-state index is -1.63. The SMILES string of the molecule is NC(=O)CCC(NC(=O)C(N)Cc1cnc[nH]1)C(=O)NC(CC(=O)O)C(=O)NCC(=O)O. The van der Waals surface area contributed by atoms with Crippen LogP contribution in [0.15, 0.2) is 12.5 Å². The summed E-state index contributed by atoms with van der Waals surface area (Å²) in [5.41, 5.74) is 11.5. The summed E-state index contributed by atoms with van der Waals surface area (Å²) in [5.74, 6) is -6.38. The molecule has 0 aromatic carbocycles. The summed E-state index contributed by atoms with van der Waals surface area (Å²) in [4.78, 5) is 76.4. The molecule has 0 fully saturated rings. The van der Waals surface area contributed by atoms with E-state index in [2.05, 4.69) is 20.6 Å². The van der Waals surface area contributed by atoms with E-state index in [0.717, 1.165) is 0 Å². The van der Waals surface area contributed by atoms with E-state index < -0.39 is 66.7 Å². The summed E-state index contributed by atoms with van der Waals surface area (Å²) in [6.07, 6.45) is 1.50. The number of H-pyrrole nitrogens is 1. The molecule has 176 valence electrons. The van der Waals surface area contributed by atoms with Crippen molar-refractivity contribution in [2.75, 3.05) is 6.54 Å². The zero-order valence-corrected chi connectivity index (χ0v) is 16.9. The molecule has 32 heavy (non-hydrogen) atoms. The fourth-order valence-electron chi connectivity index (χ4n) is 2.50. The first-order valence-corrected chi connectivity index (χ1v) is 9.32. The Hall–Kier alpha value is -4.01. The highest BCUT2D eigenvalue weighted by atomic mass is 16.4. The highest BCUT2D eigenvalue weighted by Crippen LogP contribution is 2.03. The number of hydrogen-bond acceptors (Lipinski definition) is 8. The van der Waals surface area contributed by atoms with Crippen LogP contribution in [0.1, 0.15) is 25.0 Å². The van der Waals surface area contributed by atoms with Crippen LogP contribution in [0.5, 0.6) is 0 Å². The van der Waals surface area contributed by atoms with Crippen LogP contribution in [0.3, 0.4) is 0 Å². The number of amides is 4. The molecule has 0 radical (unpaired) electrons. The lowest BCUT2D eigenvalue weighted by molar-refractivity contribution is -0.141. The average Bonchev–Trinajstić information content (AvgIpc) is 3.20. The van der Waals surface area contributed by atoms with Crippen molar-refractivity contribution in [2.45, 2.75) is 43.8 Å². The molecule has 0 aliphatic heterocycles. The molecule has 3 unspecified atom stereocenters. The quantitative estimate of drug-likeness (QED) is 0.135. The van der Waals surface area contributed by atoms with E-state index in [1.807, 2.05) is 5.32 Å². The molecule has 15 heteroatoms. The number of rotatable bonds is 14. The van der Waals surface area contributed by atoms with Crippen LogP contribution in [0.2, 0.25) is 0 Å². The Morgan fingerprint density at radius 1 is 1.00 bits per heavy atom. The summed E-state index contributed by atoms with van der Waals surface area (Å²) in [6, 6.07) is -4.09. The van der Waals surface area contributed by atoms with Crippen molar-refractivity contribution in [3.05, 3.63) is 18.2 Å². The number of carboxylic acids is 2. The average molecular weight is 455 g/mol. The molecule has 4 amide bonds. The third-order valence-electron chi connectivity index (χ3n) is 4.07. The van der Waals surface area contributed by atoms with Gasteiger partial charge >= 0.3 is 11.9 Å². The molecule has 1 heterocycles. The molecular weight excluding hydrogens is 430 g/mol. The van der Waals surface area contributed by atoms with Crippen LogP contribution in [0.4, 0.5) is 0 Å². The molecule has 0 aliphatic rings. The monoisotopic (exact) mass is 455 g/mol. The Bertz CT molecular complexity index is 842. The number of nitrogens with one attached hydrogen (secondary N) is 4. The third kappa shape index (κ3) is 9.66. The standard InChI is InChI=1S/C17H25N7O8/c18-9(3-8-5-20-7-22-8)15(30)23-10(1-2-12(19)25)17(32)24-11(4-13(26)27)16(31)21-6-14(28)29/h5,7,9-11H,1-4,6,18H2,(H2,19,25)(H,20,22)(H,21,31)(H,23,30)(H,24,32)(H,26,27)(H,28,29). The van der Waals surface area contributed by atoms with Gasteiger partial charge in [0.05, 0.1) is 18.8 Å². The number of carbonyl (C=O) groups is 6. The molecule has 0 saturated carbocycles. The van der Waals surface area contributed by atoms with E-state index in [0.29, 0.717) is 5.69 Å². The number of hydrogen-bond donors (Lipinski definition) is 8. The summed E-state index contributed by atoms with van der Waals surface area (Å²) in [6.45, 7) is -0.797. The van der Waals surface area contributed by atoms with Gasteiger partial charge in [-0.3, -0.25) is 28.8 Å². The number of nitrogens with zero attached hydrogens (tertiary/aromatic N) is 1. The maximum atomic E-state index is 12.6. The van der Waals surface area contributed by atoms with E-state index in [4.69, 9.17) is 21.7 Å². The Balaban J connectivity index is 2.88. The van der Waals surface area contributed by atoms with Gasteiger partial charge in [-0.1, -0.05) is 0 Å². The van der Waals surface area contributed by atoms with Gasteiger partial charge in [-0.05, 0) is 6.42 Å². The highest BCUT2D eigenvalue weighted by molar-refractivity contribution is 5.95. The minimum absolute atomic E-state index is 0.0647. The number of aromatic amines is 1. The Morgan fingerprint density at radius 2 is 1.66 bits per heavy atom. The third-order valence-corrected chi connectivity index (χ3v) is 4.07. The molecule has 10 N–H and O–H groups in total. The topological polar surface area (TPSA) is 260 Å². The van der Waals surface area contributed by atoms with Crippen LogP contribution in [-0.4, -0.2) is 80.4 Å². The van der Waals surface area contributed by atoms with E-state index >= 15 is 0 Å². The molecular formula is C17H25N7O8. The molecule has 0 spiro atoms. The van der Waals surface area contributed by atoms with Crippen LogP contribution in [0.25, 0.3) is 0 Å². The van der Waals surface area contributed by atoms with Crippen molar-refractivity contribution in [3.63, 3.8) is 0 Å². The van der Waals surface area contributed by atoms with Gasteiger partial charge in [-0.15, -0.1) is 0 Å². The normalized spacial score (nSPS) is 13.3. The summed E-state index contributed by atoms with van der Waals surface area (Å²) in [7, 11) is 0. The van der Waals surface area contributed by atoms with Gasteiger partial charge in [-0.2, -0.15) is 0 Å². The molecule has 0 bridgehead atoms. The maximum Gasteiger partial charge on any atom is 0.322 e. The second kappa shape index (κ2) is 12.6. The van der Waals surface area contributed by atoms with Crippen molar-refractivity contribution in [1.82, 2.24) is 25.9 Å². The summed E-state index contributed by atoms with van der Waals surface area (Å²) in [5, 5.41) is 24.0. The van der Waals surface area contributed by atoms with Crippen molar-refractivity contribution < 1.29 is 39.0 Å². The summed E-state index contributed by atoms with van der Waals surface area (Å²) < 4.78 is 0. The van der Waals surface area contributed by atoms with E-state index in [9.17, 15) is 28.8 Å². The van der Waals surface area contributed by atoms with E-state index in [1.165, 1.54) is 12.5 Å². The lowest BCUT2D eigenvalue weighted by atomic mass is 10.1. The highest BCUT2D eigenvalue weighted by Gasteiger charge is 2.30. The minimum Gasteiger partial charge on any atom is -0.481 e. The fraction of sp³-hybridized carbons (Fsp3) is 0.471. The predicted molar refractivity (Wildman–Crippen MR) is 105 cm³/mol. The van der Waals surface area contributed by atoms with Gasteiger partial charge in [-0.25, -0.2) is 4.98 Å². The Kier molecular flexibility index (Phi) is 10.3. The fourth-order valence-corrected chi connectivity index (χ4v) is 2.50. The van der Waals surface area contributed by atoms with Crippen LogP contribution in [-0.2, 0) is 35.2 Å². The van der Waals surface area contributed by atoms with Crippen LogP contribution < -0.4 is 27.4 Å². The van der Waals surface area contributed by atoms with Gasteiger partial charge < -0.3 is 42.6 Å². The zero-order valence-electron chi connectivity index (χ0n) is 16.9. The molecule has 0 aliphatic carbocycles. The number of aromatic nitrogens is 2. The van der Waals surface area contributed by atoms with Crippen molar-refractivity contribution in [1.29, 1.82) is 0 Å². The number of primary amides is 1. The van der Waals surface area contributed by atoms with Gasteiger partial charge in [0, 0.05) is 24.7 Å². The molecule has 1 rings (SSSR count). The molecule has 1 aromatic heterocycles. The molecule has 0 saturated heterocycles. The zero-order chi connectivity index (χ0) is 24.3. The summed E-state index contributed by atoms with van der Waals surface area (Å²) >= 11 is 0. The van der Waals surface area contributed by atoms with Crippen LogP contribution in [0, 0.1) is 0 Å². The number of aliphatic carboxylic acids is 2. The molecule has 1 aromatic rings. The van der Waals surface area contributed by atoms with E-state index in [1.54, 1.807) is 0 Å². The van der Waals surface area contributed by atoms with Crippen molar-refractivity contribution in [3.8, 4) is 0 Å². The second-order valence-electron chi connectivity index (χ2n) is 6.72. The van der Waals surface area contributed by atoms with Crippen LogP contribution >= 0.6 is 0 Å². The Morgan fingerprint density at radius 3 is 2.19 bits per heavy atom. The van der Waals surface area contributed by atoms with Gasteiger partial charge in [0.1, 0.15) is 18.6 Å².